The van der Waals surface area contributed by atoms with Crippen LogP contribution in [-0.4, -0.2) is 51.8 Å². The Bertz CT molecular complexity index is 1340. The minimum Gasteiger partial charge on any atom is -0.393 e. The molecule has 1 saturated carbocycles. The van der Waals surface area contributed by atoms with Gasteiger partial charge in [0.15, 0.2) is 0 Å². The highest BCUT2D eigenvalue weighted by atomic mass is 79.9. The van der Waals surface area contributed by atoms with Gasteiger partial charge in [-0.3, -0.25) is 13.7 Å². The van der Waals surface area contributed by atoms with Crippen molar-refractivity contribution in [3.8, 4) is 0 Å². The van der Waals surface area contributed by atoms with Crippen molar-refractivity contribution in [2.45, 2.75) is 31.9 Å². The molecule has 1 aliphatic carbocycles. The number of carbonyl (C=O) groups excluding carboxylic acids is 1. The summed E-state index contributed by atoms with van der Waals surface area (Å²) in [5, 5.41) is 20.2. The highest BCUT2D eigenvalue weighted by Crippen LogP contribution is 2.34. The van der Waals surface area contributed by atoms with Crippen LogP contribution < -0.4 is 5.14 Å². The third-order valence-corrected chi connectivity index (χ3v) is 7.60. The lowest BCUT2D eigenvalue weighted by molar-refractivity contribution is 0.100. The van der Waals surface area contributed by atoms with Gasteiger partial charge in [0.1, 0.15) is 12.0 Å². The van der Waals surface area contributed by atoms with Crippen LogP contribution in [0, 0.1) is 11.8 Å². The Kier molecular flexibility index (Phi) is 7.99. The zero-order chi connectivity index (χ0) is 25.2. The number of aliphatic hydroxyl groups excluding tert-OH is 1. The number of carbonyl (C=O) groups is 1. The fraction of sp³-hybridized carbons (Fsp3) is 0.364. The molecular formula is C22H23BrClN5O5S. The number of aromatic nitrogens is 4. The molecule has 0 aliphatic heterocycles. The van der Waals surface area contributed by atoms with E-state index < -0.39 is 16.4 Å². The Morgan fingerprint density at radius 3 is 2.86 bits per heavy atom. The van der Waals surface area contributed by atoms with E-state index in [1.165, 1.54) is 12.5 Å². The Morgan fingerprint density at radius 1 is 1.31 bits per heavy atom. The molecule has 1 fully saturated rings. The summed E-state index contributed by atoms with van der Waals surface area (Å²) in [6.07, 6.45) is 5.20. The van der Waals surface area contributed by atoms with E-state index in [4.69, 9.17) is 16.7 Å². The van der Waals surface area contributed by atoms with Gasteiger partial charge in [0.05, 0.1) is 35.5 Å². The van der Waals surface area contributed by atoms with Crippen molar-refractivity contribution in [1.29, 1.82) is 0 Å². The summed E-state index contributed by atoms with van der Waals surface area (Å²) in [5.41, 5.74) is 2.12. The molecule has 3 N–H and O–H groups in total. The molecule has 3 atom stereocenters. The molecule has 0 spiro atoms. The van der Waals surface area contributed by atoms with E-state index in [-0.39, 0.29) is 29.9 Å². The second-order valence-corrected chi connectivity index (χ2v) is 11.0. The van der Waals surface area contributed by atoms with E-state index in [1.54, 1.807) is 23.0 Å². The molecule has 0 unspecified atom stereocenters. The maximum absolute atomic E-state index is 13.2. The molecule has 0 bridgehead atoms. The number of benzene rings is 1. The first-order valence-corrected chi connectivity index (χ1v) is 13.4. The second kappa shape index (κ2) is 10.8. The van der Waals surface area contributed by atoms with Crippen molar-refractivity contribution in [3.05, 3.63) is 75.0 Å². The van der Waals surface area contributed by atoms with Crippen LogP contribution in [0.5, 0.6) is 0 Å². The van der Waals surface area contributed by atoms with Crippen LogP contribution in [0.15, 0.2) is 47.5 Å². The van der Waals surface area contributed by atoms with Crippen LogP contribution in [-0.2, 0) is 27.5 Å². The zero-order valence-corrected chi connectivity index (χ0v) is 21.6. The average Bonchev–Trinajstić information content (AvgIpc) is 3.40. The van der Waals surface area contributed by atoms with E-state index in [0.29, 0.717) is 42.1 Å². The summed E-state index contributed by atoms with van der Waals surface area (Å²) < 4.78 is 29.2. The van der Waals surface area contributed by atoms with Crippen molar-refractivity contribution in [3.63, 3.8) is 0 Å². The fourth-order valence-electron chi connectivity index (χ4n) is 4.26. The van der Waals surface area contributed by atoms with Gasteiger partial charge in [0.25, 0.3) is 0 Å². The number of nitrogens with zero attached hydrogens (tertiary/aromatic N) is 4. The minimum absolute atomic E-state index is 0.0126. The third kappa shape index (κ3) is 6.72. The van der Waals surface area contributed by atoms with Crippen molar-refractivity contribution in [1.82, 2.24) is 19.7 Å². The summed E-state index contributed by atoms with van der Waals surface area (Å²) in [6.45, 7) is 0.275. The summed E-state index contributed by atoms with van der Waals surface area (Å²) in [6, 6.07) is 7.21. The zero-order valence-electron chi connectivity index (χ0n) is 18.4. The van der Waals surface area contributed by atoms with Crippen molar-refractivity contribution < 1.29 is 22.5 Å². The molecule has 4 rings (SSSR count). The van der Waals surface area contributed by atoms with Crippen molar-refractivity contribution in [2.75, 3.05) is 6.61 Å². The summed E-state index contributed by atoms with van der Waals surface area (Å²) in [5.74, 6) is -0.686. The average molecular weight is 585 g/mol. The maximum atomic E-state index is 13.2. The van der Waals surface area contributed by atoms with Crippen LogP contribution in [0.2, 0.25) is 5.02 Å². The lowest BCUT2D eigenvalue weighted by Gasteiger charge is -2.13. The van der Waals surface area contributed by atoms with E-state index >= 15 is 0 Å². The van der Waals surface area contributed by atoms with Gasteiger partial charge in [0, 0.05) is 22.8 Å². The predicted molar refractivity (Wildman–Crippen MR) is 131 cm³/mol. The van der Waals surface area contributed by atoms with Crippen LogP contribution in [0.4, 0.5) is 0 Å². The van der Waals surface area contributed by atoms with Gasteiger partial charge < -0.3 is 5.11 Å². The van der Waals surface area contributed by atoms with Crippen molar-refractivity contribution in [2.24, 2.45) is 17.0 Å². The molecule has 1 aromatic carbocycles. The number of halogens is 2. The van der Waals surface area contributed by atoms with Crippen LogP contribution in [0.3, 0.4) is 0 Å². The van der Waals surface area contributed by atoms with Gasteiger partial charge in [-0.05, 0) is 64.9 Å². The van der Waals surface area contributed by atoms with Gasteiger partial charge >= 0.3 is 10.3 Å². The first kappa shape index (κ1) is 25.9. The summed E-state index contributed by atoms with van der Waals surface area (Å²) in [7, 11) is -4.08. The maximum Gasteiger partial charge on any atom is 0.333 e. The quantitative estimate of drug-likeness (QED) is 0.364. The van der Waals surface area contributed by atoms with Crippen LogP contribution in [0.25, 0.3) is 0 Å². The smallest absolute Gasteiger partial charge is 0.333 e. The lowest BCUT2D eigenvalue weighted by atomic mass is 9.96. The largest absolute Gasteiger partial charge is 0.393 e. The van der Waals surface area contributed by atoms with E-state index in [0.717, 1.165) is 10.0 Å². The van der Waals surface area contributed by atoms with E-state index in [9.17, 15) is 18.3 Å². The molecule has 186 valence electrons. The standard InChI is InChI=1S/C22H23BrClN5O5S/c23-17-6-13(1-2-18(17)24)10-29-4-3-19(28-29)22(31)16-9-26-12-27-20(16)7-14-5-15(21(30)8-14)11-34-35(25,32)33/h1-4,6,9,12,14-15,21,30H,5,7-8,10-11H2,(H2,25,32,33)/t14-,15+,21-/m0/s1. The van der Waals surface area contributed by atoms with E-state index in [1.807, 2.05) is 12.1 Å². The predicted octanol–water partition coefficient (Wildman–Crippen LogP) is 2.52. The van der Waals surface area contributed by atoms with Gasteiger partial charge in [0.2, 0.25) is 5.78 Å². The Labute approximate surface area is 215 Å². The molecule has 0 amide bonds. The van der Waals surface area contributed by atoms with Gasteiger partial charge in [-0.25, -0.2) is 15.1 Å². The van der Waals surface area contributed by atoms with Gasteiger partial charge in [-0.1, -0.05) is 17.7 Å². The topological polar surface area (TPSA) is 150 Å². The van der Waals surface area contributed by atoms with Gasteiger partial charge in [-0.15, -0.1) is 0 Å². The first-order valence-electron chi connectivity index (χ1n) is 10.7. The summed E-state index contributed by atoms with van der Waals surface area (Å²) in [4.78, 5) is 21.5. The molecule has 0 saturated heterocycles. The Hall–Kier alpha value is -2.22. The molecule has 13 heteroatoms. The van der Waals surface area contributed by atoms with Crippen molar-refractivity contribution >= 4 is 43.6 Å². The molecule has 2 heterocycles. The number of hydrogen-bond donors (Lipinski definition) is 2. The molecule has 2 aromatic heterocycles. The van der Waals surface area contributed by atoms with Crippen LogP contribution >= 0.6 is 27.5 Å². The number of hydrogen-bond acceptors (Lipinski definition) is 8. The Morgan fingerprint density at radius 2 is 2.11 bits per heavy atom. The molecule has 0 radical (unpaired) electrons. The fourth-order valence-corrected chi connectivity index (χ4v) is 5.17. The summed E-state index contributed by atoms with van der Waals surface area (Å²) >= 11 is 9.45. The van der Waals surface area contributed by atoms with E-state index in [2.05, 4.69) is 35.2 Å². The highest BCUT2D eigenvalue weighted by Gasteiger charge is 2.35. The normalized spacial score (nSPS) is 20.3. The van der Waals surface area contributed by atoms with Crippen LogP contribution in [0.1, 0.15) is 40.2 Å². The molecular weight excluding hydrogens is 562 g/mol. The molecule has 1 aliphatic rings. The van der Waals surface area contributed by atoms with Gasteiger partial charge in [-0.2, -0.15) is 13.5 Å². The second-order valence-electron chi connectivity index (χ2n) is 8.51. The Balaban J connectivity index is 1.44. The SMILES string of the molecule is NS(=O)(=O)OC[C@H]1C[C@@H](Cc2ncncc2C(=O)c2ccn(Cc3ccc(Cl)c(Br)c3)n2)C[C@@H]1O. The number of nitrogens with two attached hydrogens (primary N) is 1. The lowest BCUT2D eigenvalue weighted by Crippen LogP contribution is -2.24. The third-order valence-electron chi connectivity index (χ3n) is 5.92. The number of rotatable bonds is 9. The number of ketones is 1. The highest BCUT2D eigenvalue weighted by molar-refractivity contribution is 9.10. The monoisotopic (exact) mass is 583 g/mol. The molecule has 35 heavy (non-hydrogen) atoms. The molecule has 3 aromatic rings. The number of aliphatic hydroxyl groups is 1. The molecule has 10 nitrogen and oxygen atoms in total. The minimum atomic E-state index is -4.08. The first-order chi connectivity index (χ1) is 16.6.